The van der Waals surface area contributed by atoms with Gasteiger partial charge in [0.15, 0.2) is 11.2 Å². The van der Waals surface area contributed by atoms with Gasteiger partial charge in [0.1, 0.15) is 22.8 Å². The average molecular weight is 903 g/mol. The van der Waals surface area contributed by atoms with Crippen LogP contribution < -0.4 is 9.80 Å². The van der Waals surface area contributed by atoms with Gasteiger partial charge in [-0.15, -0.1) is 0 Å². The van der Waals surface area contributed by atoms with Gasteiger partial charge in [-0.25, -0.2) is 9.97 Å². The highest BCUT2D eigenvalue weighted by Gasteiger charge is 2.30. The number of nitrogens with zero attached hydrogens (tertiary/aromatic N) is 4. The van der Waals surface area contributed by atoms with E-state index in [1.165, 1.54) is 32.7 Å². The summed E-state index contributed by atoms with van der Waals surface area (Å²) >= 11 is 0. The molecule has 10 aromatic carbocycles. The average Bonchev–Trinajstić information content (AvgIpc) is 3.98. The molecule has 4 heterocycles. The number of hydrogen-bond donors (Lipinski definition) is 0. The molecule has 0 saturated heterocycles. The molecule has 0 radical (unpaired) electrons. The van der Waals surface area contributed by atoms with Gasteiger partial charge < -0.3 is 8.83 Å². The van der Waals surface area contributed by atoms with Crippen molar-refractivity contribution < 1.29 is 8.83 Å². The molecule has 0 saturated carbocycles. The van der Waals surface area contributed by atoms with Gasteiger partial charge in [-0.05, 0) is 104 Å². The molecule has 6 nitrogen and oxygen atoms in total. The monoisotopic (exact) mass is 902 g/mol. The number of hydrogen-bond acceptors (Lipinski definition) is 6. The Hall–Kier alpha value is -8.74. The van der Waals surface area contributed by atoms with Crippen molar-refractivity contribution in [1.29, 1.82) is 0 Å². The number of furan rings is 2. The molecule has 0 aliphatic heterocycles. The molecule has 14 aromatic rings. The van der Waals surface area contributed by atoms with E-state index >= 15 is 0 Å². The summed E-state index contributed by atoms with van der Waals surface area (Å²) in [5.74, 6) is 2.07. The third-order valence-corrected chi connectivity index (χ3v) is 14.6. The van der Waals surface area contributed by atoms with Crippen LogP contribution in [0.4, 0.5) is 34.4 Å². The van der Waals surface area contributed by atoms with Crippen LogP contribution in [0.2, 0.25) is 0 Å². The van der Waals surface area contributed by atoms with Gasteiger partial charge in [-0.3, -0.25) is 9.80 Å². The Balaban J connectivity index is 1.13. The molecule has 0 aliphatic rings. The molecule has 0 bridgehead atoms. The van der Waals surface area contributed by atoms with Crippen molar-refractivity contribution >= 4 is 132 Å². The smallest absolute Gasteiger partial charge is 0.159 e. The maximum Gasteiger partial charge on any atom is 0.159 e. The molecule has 70 heavy (non-hydrogen) atoms. The number of rotatable bonds is 8. The number of aromatic nitrogens is 2. The molecular weight excluding hydrogens is 857 g/mol. The van der Waals surface area contributed by atoms with Gasteiger partial charge in [0.05, 0.1) is 22.7 Å². The largest absolute Gasteiger partial charge is 0.454 e. The minimum atomic E-state index is 0.193. The van der Waals surface area contributed by atoms with Crippen LogP contribution in [0.25, 0.3) is 97.7 Å². The van der Waals surface area contributed by atoms with E-state index in [1.807, 2.05) is 24.5 Å². The summed E-state index contributed by atoms with van der Waals surface area (Å²) in [7, 11) is 0. The van der Waals surface area contributed by atoms with Crippen molar-refractivity contribution in [1.82, 2.24) is 9.97 Å². The van der Waals surface area contributed by atoms with E-state index in [2.05, 4.69) is 207 Å². The third-order valence-electron chi connectivity index (χ3n) is 14.6. The lowest BCUT2D eigenvalue weighted by atomic mass is 9.84. The maximum atomic E-state index is 6.88. The predicted octanol–water partition coefficient (Wildman–Crippen LogP) is 18.7. The third kappa shape index (κ3) is 5.86. The normalized spacial score (nSPS) is 12.3. The Morgan fingerprint density at radius 3 is 1.17 bits per heavy atom. The first-order valence-electron chi connectivity index (χ1n) is 24.3. The quantitative estimate of drug-likeness (QED) is 0.142. The number of anilines is 6. The van der Waals surface area contributed by atoms with Crippen molar-refractivity contribution in [2.24, 2.45) is 0 Å². The van der Waals surface area contributed by atoms with Crippen LogP contribution in [-0.2, 0) is 0 Å². The minimum absolute atomic E-state index is 0.193. The van der Waals surface area contributed by atoms with Gasteiger partial charge in [-0.1, -0.05) is 161 Å². The van der Waals surface area contributed by atoms with E-state index in [0.717, 1.165) is 111 Å². The molecule has 6 heteroatoms. The van der Waals surface area contributed by atoms with Crippen LogP contribution in [0.3, 0.4) is 0 Å². The van der Waals surface area contributed by atoms with Crippen LogP contribution in [-0.4, -0.2) is 9.97 Å². The van der Waals surface area contributed by atoms with Crippen molar-refractivity contribution in [3.8, 4) is 0 Å². The first-order valence-corrected chi connectivity index (χ1v) is 24.3. The van der Waals surface area contributed by atoms with E-state index in [9.17, 15) is 0 Å². The summed E-state index contributed by atoms with van der Waals surface area (Å²) in [6, 6.07) is 65.2. The second-order valence-electron chi connectivity index (χ2n) is 19.2. The Kier molecular flexibility index (Phi) is 8.87. The zero-order valence-electron chi connectivity index (χ0n) is 39.2. The summed E-state index contributed by atoms with van der Waals surface area (Å²) in [6.07, 6.45) is 3.87. The van der Waals surface area contributed by atoms with Crippen LogP contribution in [0.1, 0.15) is 50.7 Å². The first kappa shape index (κ1) is 40.3. The van der Waals surface area contributed by atoms with Crippen LogP contribution in [0.5, 0.6) is 0 Å². The fourth-order valence-corrected chi connectivity index (χ4v) is 11.4. The summed E-state index contributed by atoms with van der Waals surface area (Å²) in [4.78, 5) is 15.3. The topological polar surface area (TPSA) is 58.5 Å². The molecule has 0 fully saturated rings. The summed E-state index contributed by atoms with van der Waals surface area (Å²) < 4.78 is 13.8. The Morgan fingerprint density at radius 1 is 0.343 bits per heavy atom. The maximum absolute atomic E-state index is 6.88. The number of pyridine rings is 2. The fraction of sp³-hybridized carbons (Fsp3) is 0.0938. The highest BCUT2D eigenvalue weighted by Crippen LogP contribution is 2.53. The van der Waals surface area contributed by atoms with Crippen LogP contribution in [0.15, 0.2) is 203 Å². The lowest BCUT2D eigenvalue weighted by molar-refractivity contribution is 0.668. The van der Waals surface area contributed by atoms with Gasteiger partial charge in [0, 0.05) is 55.5 Å². The summed E-state index contributed by atoms with van der Waals surface area (Å²) in [6.45, 7) is 9.24. The zero-order valence-corrected chi connectivity index (χ0v) is 39.2. The first-order chi connectivity index (χ1) is 34.4. The number of benzene rings is 10. The van der Waals surface area contributed by atoms with E-state index in [1.54, 1.807) is 0 Å². The molecular formula is C64H46N4O2. The van der Waals surface area contributed by atoms with E-state index in [-0.39, 0.29) is 11.8 Å². The molecule has 0 spiro atoms. The van der Waals surface area contributed by atoms with Crippen LogP contribution in [0, 0.1) is 0 Å². The summed E-state index contributed by atoms with van der Waals surface area (Å²) in [5.41, 5.74) is 9.80. The molecule has 14 rings (SSSR count). The zero-order chi connectivity index (χ0) is 46.8. The van der Waals surface area contributed by atoms with Gasteiger partial charge >= 0.3 is 0 Å². The van der Waals surface area contributed by atoms with Crippen molar-refractivity contribution in [3.63, 3.8) is 0 Å². The van der Waals surface area contributed by atoms with Crippen molar-refractivity contribution in [2.75, 3.05) is 9.80 Å². The molecule has 4 aromatic heterocycles. The SMILES string of the molecule is CC(C)c1cc(N(c2nccc3ccccc23)c2cccc3c2oc2ccccc23)c2ccc3c(C(C)C)cc(N(c4nccc5ccccc45)c4cccc5c4oc4ccccc45)c4ccc1c2c34. The fourth-order valence-electron chi connectivity index (χ4n) is 11.4. The molecule has 334 valence electrons. The number of para-hydroxylation sites is 4. The summed E-state index contributed by atoms with van der Waals surface area (Å²) in [5, 5.41) is 15.8. The second kappa shape index (κ2) is 15.4. The molecule has 0 unspecified atom stereocenters. The highest BCUT2D eigenvalue weighted by molar-refractivity contribution is 6.30. The molecule has 0 atom stereocenters. The Bertz CT molecular complexity index is 4120. The van der Waals surface area contributed by atoms with Gasteiger partial charge in [0.25, 0.3) is 0 Å². The predicted molar refractivity (Wildman–Crippen MR) is 293 cm³/mol. The van der Waals surface area contributed by atoms with Crippen molar-refractivity contribution in [2.45, 2.75) is 39.5 Å². The van der Waals surface area contributed by atoms with E-state index < -0.39 is 0 Å². The lowest BCUT2D eigenvalue weighted by Gasteiger charge is -2.31. The lowest BCUT2D eigenvalue weighted by Crippen LogP contribution is -2.15. The standard InChI is InChI=1S/C64H46N4O2/c1-37(2)51-35-55(67(63-41-17-7-5-15-39(41)31-33-65-63)53-23-13-21-47-43-19-9-11-25-57(43)69-61(47)53)49-30-28-46-52(38(3)4)36-56(50-29-27-45(51)59(49)60(46)50)68(64-42-18-8-6-16-40(42)32-34-66-64)54-24-14-22-48-44-20-10-12-26-58(44)70-62(48)54/h5-38H,1-4H3. The van der Waals surface area contributed by atoms with E-state index in [0.29, 0.717) is 0 Å². The van der Waals surface area contributed by atoms with Crippen molar-refractivity contribution in [3.05, 3.63) is 206 Å². The van der Waals surface area contributed by atoms with Gasteiger partial charge in [0.2, 0.25) is 0 Å². The molecule has 0 N–H and O–H groups in total. The second-order valence-corrected chi connectivity index (χ2v) is 19.2. The van der Waals surface area contributed by atoms with E-state index in [4.69, 9.17) is 18.8 Å². The Morgan fingerprint density at radius 2 is 0.729 bits per heavy atom. The van der Waals surface area contributed by atoms with Gasteiger partial charge in [-0.2, -0.15) is 0 Å². The Labute approximate surface area is 404 Å². The molecule has 0 amide bonds. The highest BCUT2D eigenvalue weighted by atomic mass is 16.3. The van der Waals surface area contributed by atoms with Crippen LogP contribution >= 0.6 is 0 Å². The number of fused-ring (bicyclic) bond motifs is 8. The minimum Gasteiger partial charge on any atom is -0.454 e. The molecule has 0 aliphatic carbocycles.